The summed E-state index contributed by atoms with van der Waals surface area (Å²) in [6.45, 7) is 0.758. The van der Waals surface area contributed by atoms with Gasteiger partial charge in [-0.05, 0) is 54.9 Å². The minimum atomic E-state index is -4.69. The van der Waals surface area contributed by atoms with Crippen molar-refractivity contribution in [2.24, 2.45) is 16.6 Å². The number of nitrogens with two attached hydrogens (primary N) is 1. The molecular weight excluding hydrogens is 489 g/mol. The average molecular weight is 517 g/mol. The van der Waals surface area contributed by atoms with E-state index in [1.807, 2.05) is 0 Å². The maximum absolute atomic E-state index is 13.9. The van der Waals surface area contributed by atoms with Crippen molar-refractivity contribution in [2.75, 3.05) is 13.1 Å². The Balaban J connectivity index is 1.40. The topological polar surface area (TPSA) is 114 Å². The summed E-state index contributed by atoms with van der Waals surface area (Å²) < 4.78 is 46.7. The van der Waals surface area contributed by atoms with E-state index < -0.39 is 29.7 Å². The Hall–Kier alpha value is -3.89. The van der Waals surface area contributed by atoms with Crippen LogP contribution in [0.25, 0.3) is 0 Å². The van der Waals surface area contributed by atoms with Gasteiger partial charge in [0, 0.05) is 24.6 Å². The first-order valence-corrected chi connectivity index (χ1v) is 12.0. The molecule has 11 heteroatoms. The summed E-state index contributed by atoms with van der Waals surface area (Å²) in [5, 5.41) is 2.11. The van der Waals surface area contributed by atoms with Gasteiger partial charge >= 0.3 is 12.3 Å². The van der Waals surface area contributed by atoms with Gasteiger partial charge < -0.3 is 15.4 Å². The molecular formula is C26H27F3N4O4. The van der Waals surface area contributed by atoms with E-state index in [9.17, 15) is 27.6 Å². The zero-order valence-corrected chi connectivity index (χ0v) is 20.0. The van der Waals surface area contributed by atoms with E-state index in [2.05, 4.69) is 10.3 Å². The second-order valence-electron chi connectivity index (χ2n) is 9.16. The van der Waals surface area contributed by atoms with Gasteiger partial charge in [0.05, 0.1) is 5.56 Å². The number of nitrogens with zero attached hydrogens (tertiary/aromatic N) is 2. The minimum Gasteiger partial charge on any atom is -0.443 e. The highest BCUT2D eigenvalue weighted by atomic mass is 19.4. The molecule has 0 unspecified atom stereocenters. The first-order chi connectivity index (χ1) is 17.6. The van der Waals surface area contributed by atoms with Crippen molar-refractivity contribution in [3.05, 3.63) is 70.8 Å². The summed E-state index contributed by atoms with van der Waals surface area (Å²) in [4.78, 5) is 41.8. The lowest BCUT2D eigenvalue weighted by atomic mass is 9.85. The molecule has 0 spiro atoms. The molecule has 1 saturated heterocycles. The SMILES string of the molecule is N/C(=N/C(=O)OCc1ccccc1)NC(=O)c1ccc(C2CCN(C(=O)C3CC3)CC2)c(C(F)(F)F)c1. The van der Waals surface area contributed by atoms with Gasteiger partial charge in [0.25, 0.3) is 5.91 Å². The molecule has 2 aromatic rings. The van der Waals surface area contributed by atoms with Crippen LogP contribution in [0.1, 0.15) is 58.6 Å². The molecule has 0 aromatic heterocycles. The number of amides is 3. The molecule has 1 aliphatic heterocycles. The lowest BCUT2D eigenvalue weighted by Gasteiger charge is -2.33. The lowest BCUT2D eigenvalue weighted by molar-refractivity contribution is -0.139. The molecule has 1 saturated carbocycles. The molecule has 2 fully saturated rings. The van der Waals surface area contributed by atoms with Crippen molar-refractivity contribution in [1.82, 2.24) is 10.2 Å². The molecule has 4 rings (SSSR count). The van der Waals surface area contributed by atoms with Crippen molar-refractivity contribution >= 4 is 23.9 Å². The first kappa shape index (κ1) is 26.2. The number of aliphatic imine (C=N–C) groups is 1. The smallest absolute Gasteiger partial charge is 0.437 e. The molecule has 2 aromatic carbocycles. The highest BCUT2D eigenvalue weighted by Crippen LogP contribution is 2.40. The molecule has 3 amide bonds. The molecule has 0 radical (unpaired) electrons. The number of alkyl halides is 3. The van der Waals surface area contributed by atoms with Crippen LogP contribution < -0.4 is 11.1 Å². The van der Waals surface area contributed by atoms with Gasteiger partial charge in [-0.25, -0.2) is 4.79 Å². The quantitative estimate of drug-likeness (QED) is 0.457. The number of carbonyl (C=O) groups excluding carboxylic acids is 3. The highest BCUT2D eigenvalue weighted by Gasteiger charge is 2.39. The summed E-state index contributed by atoms with van der Waals surface area (Å²) in [6, 6.07) is 12.1. The fourth-order valence-corrected chi connectivity index (χ4v) is 4.36. The minimum absolute atomic E-state index is 0.0610. The monoisotopic (exact) mass is 516 g/mol. The number of carbonyl (C=O) groups is 3. The predicted octanol–water partition coefficient (Wildman–Crippen LogP) is 4.20. The summed E-state index contributed by atoms with van der Waals surface area (Å²) in [5.74, 6) is -1.78. The Morgan fingerprint density at radius 1 is 1.03 bits per heavy atom. The van der Waals surface area contributed by atoms with E-state index in [1.54, 1.807) is 35.2 Å². The van der Waals surface area contributed by atoms with Crippen LogP contribution in [0.3, 0.4) is 0 Å². The highest BCUT2D eigenvalue weighted by molar-refractivity contribution is 6.07. The Kier molecular flexibility index (Phi) is 7.80. The van der Waals surface area contributed by atoms with E-state index in [0.29, 0.717) is 31.5 Å². The van der Waals surface area contributed by atoms with Gasteiger partial charge in [-0.2, -0.15) is 13.2 Å². The normalized spacial score (nSPS) is 16.8. The van der Waals surface area contributed by atoms with Crippen LogP contribution in [0.2, 0.25) is 0 Å². The fraction of sp³-hybridized carbons (Fsp3) is 0.385. The molecule has 1 heterocycles. The van der Waals surface area contributed by atoms with Gasteiger partial charge in [-0.1, -0.05) is 36.4 Å². The number of halogens is 3. The predicted molar refractivity (Wildman–Crippen MR) is 128 cm³/mol. The van der Waals surface area contributed by atoms with Crippen molar-refractivity contribution in [3.63, 3.8) is 0 Å². The number of guanidine groups is 1. The van der Waals surface area contributed by atoms with E-state index in [-0.39, 0.29) is 35.5 Å². The Morgan fingerprint density at radius 3 is 2.32 bits per heavy atom. The first-order valence-electron chi connectivity index (χ1n) is 12.0. The van der Waals surface area contributed by atoms with Crippen molar-refractivity contribution in [1.29, 1.82) is 0 Å². The summed E-state index contributed by atoms with van der Waals surface area (Å²) in [7, 11) is 0. The number of nitrogens with one attached hydrogen (secondary N) is 1. The Morgan fingerprint density at radius 2 is 1.70 bits per heavy atom. The second kappa shape index (κ2) is 11.0. The Bertz CT molecular complexity index is 1190. The zero-order valence-electron chi connectivity index (χ0n) is 20.0. The van der Waals surface area contributed by atoms with Crippen LogP contribution in [0.15, 0.2) is 53.5 Å². The second-order valence-corrected chi connectivity index (χ2v) is 9.16. The number of rotatable bonds is 5. The van der Waals surface area contributed by atoms with Crippen LogP contribution in [0.4, 0.5) is 18.0 Å². The third-order valence-corrected chi connectivity index (χ3v) is 6.45. The molecule has 1 aliphatic carbocycles. The standard InChI is InChI=1S/C26H27F3N4O4/c27-26(28,29)21-14-19(8-9-20(21)17-10-12-33(13-11-17)23(35)18-6-7-18)22(34)31-24(30)32-25(36)37-15-16-4-2-1-3-5-16/h1-5,8-9,14,17-18H,6-7,10-13,15H2,(H3,30,31,32,34,36). The fourth-order valence-electron chi connectivity index (χ4n) is 4.36. The lowest BCUT2D eigenvalue weighted by Crippen LogP contribution is -2.39. The molecule has 2 aliphatic rings. The van der Waals surface area contributed by atoms with Gasteiger partial charge in [0.1, 0.15) is 6.61 Å². The summed E-state index contributed by atoms with van der Waals surface area (Å²) in [5.41, 5.74) is 5.19. The largest absolute Gasteiger partial charge is 0.443 e. The van der Waals surface area contributed by atoms with Gasteiger partial charge in [0.2, 0.25) is 11.9 Å². The van der Waals surface area contributed by atoms with E-state index in [0.717, 1.165) is 18.9 Å². The van der Waals surface area contributed by atoms with E-state index in [4.69, 9.17) is 10.5 Å². The Labute approximate surface area is 211 Å². The van der Waals surface area contributed by atoms with Gasteiger partial charge in [-0.15, -0.1) is 4.99 Å². The van der Waals surface area contributed by atoms with Crippen LogP contribution in [0, 0.1) is 5.92 Å². The third kappa shape index (κ3) is 6.87. The molecule has 0 bridgehead atoms. The summed E-state index contributed by atoms with van der Waals surface area (Å²) >= 11 is 0. The van der Waals surface area contributed by atoms with Crippen LogP contribution >= 0.6 is 0 Å². The maximum Gasteiger partial charge on any atom is 0.437 e. The zero-order chi connectivity index (χ0) is 26.6. The number of ether oxygens (including phenoxy) is 1. The number of hydrogen-bond acceptors (Lipinski definition) is 4. The van der Waals surface area contributed by atoms with Crippen LogP contribution in [0.5, 0.6) is 0 Å². The van der Waals surface area contributed by atoms with E-state index >= 15 is 0 Å². The van der Waals surface area contributed by atoms with Crippen molar-refractivity contribution in [2.45, 2.75) is 44.4 Å². The van der Waals surface area contributed by atoms with Crippen LogP contribution in [-0.2, 0) is 22.3 Å². The molecule has 8 nitrogen and oxygen atoms in total. The maximum atomic E-state index is 13.9. The van der Waals surface area contributed by atoms with E-state index in [1.165, 1.54) is 12.1 Å². The molecule has 37 heavy (non-hydrogen) atoms. The van der Waals surface area contributed by atoms with Gasteiger partial charge in [-0.3, -0.25) is 14.9 Å². The molecule has 3 N–H and O–H groups in total. The van der Waals surface area contributed by atoms with Crippen molar-refractivity contribution < 1.29 is 32.3 Å². The van der Waals surface area contributed by atoms with Gasteiger partial charge in [0.15, 0.2) is 0 Å². The summed E-state index contributed by atoms with van der Waals surface area (Å²) in [6.07, 6.45) is -3.15. The van der Waals surface area contributed by atoms with Crippen LogP contribution in [-0.4, -0.2) is 41.9 Å². The number of likely N-dealkylation sites (tertiary alicyclic amines) is 1. The molecule has 0 atom stereocenters. The number of piperidine rings is 1. The molecule has 196 valence electrons. The number of hydrogen-bond donors (Lipinski definition) is 2. The third-order valence-electron chi connectivity index (χ3n) is 6.45. The number of benzene rings is 2. The van der Waals surface area contributed by atoms with Crippen molar-refractivity contribution in [3.8, 4) is 0 Å². The average Bonchev–Trinajstić information content (AvgIpc) is 3.72.